The van der Waals surface area contributed by atoms with Gasteiger partial charge in [0.2, 0.25) is 0 Å². The van der Waals surface area contributed by atoms with Crippen LogP contribution in [-0.2, 0) is 14.1 Å². The highest BCUT2D eigenvalue weighted by atomic mass is 35.5. The molecular weight excluding hydrogens is 345 g/mol. The molecule has 0 atom stereocenters. The minimum Gasteiger partial charge on any atom is -0.400 e. The summed E-state index contributed by atoms with van der Waals surface area (Å²) in [6.07, 6.45) is 1.90. The molecule has 1 heterocycles. The third-order valence-electron chi connectivity index (χ3n) is 4.36. The molecule has 0 unspecified atom stereocenters. The second-order valence-corrected chi connectivity index (χ2v) is 8.43. The van der Waals surface area contributed by atoms with E-state index < -0.39 is 18.3 Å². The van der Waals surface area contributed by atoms with Crippen molar-refractivity contribution in [3.8, 4) is 0 Å². The first-order valence-corrected chi connectivity index (χ1v) is 9.13. The normalized spacial score (nSPS) is 19.6. The van der Waals surface area contributed by atoms with Crippen LogP contribution in [0.3, 0.4) is 0 Å². The molecule has 2 rings (SSSR count). The lowest BCUT2D eigenvalue weighted by Crippen LogP contribution is -2.41. The van der Waals surface area contributed by atoms with Crippen LogP contribution < -0.4 is 5.73 Å². The van der Waals surface area contributed by atoms with Crippen LogP contribution in [0.25, 0.3) is 6.08 Å². The van der Waals surface area contributed by atoms with Crippen molar-refractivity contribution in [2.45, 2.75) is 45.8 Å². The van der Waals surface area contributed by atoms with Gasteiger partial charge >= 0.3 is 7.12 Å². The number of halogens is 1. The SMILES string of the molecule is CC(=O)SCC(=Cc1cc(N)ccc1Cl)B1OC(C)(C)C(C)(C)O1. The van der Waals surface area contributed by atoms with Gasteiger partial charge in [0.15, 0.2) is 5.12 Å². The average molecular weight is 368 g/mol. The van der Waals surface area contributed by atoms with Gasteiger partial charge in [-0.3, -0.25) is 4.79 Å². The van der Waals surface area contributed by atoms with Crippen molar-refractivity contribution in [2.75, 3.05) is 11.5 Å². The summed E-state index contributed by atoms with van der Waals surface area (Å²) >= 11 is 7.48. The molecule has 0 spiro atoms. The molecule has 4 nitrogen and oxygen atoms in total. The number of rotatable bonds is 4. The summed E-state index contributed by atoms with van der Waals surface area (Å²) in [5, 5.41) is 0.627. The lowest BCUT2D eigenvalue weighted by molar-refractivity contribution is -0.109. The van der Waals surface area contributed by atoms with Gasteiger partial charge in [-0.1, -0.05) is 29.4 Å². The largest absolute Gasteiger partial charge is 0.491 e. The van der Waals surface area contributed by atoms with E-state index in [0.717, 1.165) is 11.0 Å². The Morgan fingerprint density at radius 1 is 1.29 bits per heavy atom. The fraction of sp³-hybridized carbons (Fsp3) is 0.471. The Labute approximate surface area is 153 Å². The Balaban J connectivity index is 2.37. The van der Waals surface area contributed by atoms with E-state index in [1.165, 1.54) is 11.8 Å². The van der Waals surface area contributed by atoms with Crippen LogP contribution >= 0.6 is 23.4 Å². The zero-order valence-corrected chi connectivity index (χ0v) is 16.3. The molecule has 0 amide bonds. The van der Waals surface area contributed by atoms with E-state index in [1.807, 2.05) is 33.8 Å². The summed E-state index contributed by atoms with van der Waals surface area (Å²) in [5.74, 6) is 0.470. The van der Waals surface area contributed by atoms with Crippen molar-refractivity contribution in [2.24, 2.45) is 0 Å². The first kappa shape index (κ1) is 19.4. The van der Waals surface area contributed by atoms with Crippen LogP contribution in [0.4, 0.5) is 5.69 Å². The molecule has 1 aromatic rings. The summed E-state index contributed by atoms with van der Waals surface area (Å²) in [6.45, 7) is 9.53. The first-order valence-electron chi connectivity index (χ1n) is 7.76. The van der Waals surface area contributed by atoms with E-state index in [0.29, 0.717) is 16.5 Å². The number of nitrogen functional groups attached to an aromatic ring is 1. The van der Waals surface area contributed by atoms with Crippen molar-refractivity contribution in [3.05, 3.63) is 34.3 Å². The number of nitrogens with two attached hydrogens (primary N) is 1. The van der Waals surface area contributed by atoms with Gasteiger partial charge in [0.05, 0.1) is 11.2 Å². The van der Waals surface area contributed by atoms with Crippen LogP contribution in [0.15, 0.2) is 23.7 Å². The highest BCUT2D eigenvalue weighted by molar-refractivity contribution is 8.13. The summed E-state index contributed by atoms with van der Waals surface area (Å²) in [6, 6.07) is 5.30. The van der Waals surface area contributed by atoms with E-state index in [1.54, 1.807) is 25.1 Å². The van der Waals surface area contributed by atoms with Gasteiger partial charge in [0.1, 0.15) is 0 Å². The molecule has 0 bridgehead atoms. The Kier molecular flexibility index (Phi) is 5.75. The summed E-state index contributed by atoms with van der Waals surface area (Å²) in [4.78, 5) is 11.4. The zero-order chi connectivity index (χ0) is 18.1. The number of anilines is 1. The van der Waals surface area contributed by atoms with Crippen LogP contribution in [0, 0.1) is 0 Å². The van der Waals surface area contributed by atoms with Gasteiger partial charge in [-0.25, -0.2) is 0 Å². The maximum atomic E-state index is 11.4. The van der Waals surface area contributed by atoms with Gasteiger partial charge in [0, 0.05) is 23.4 Å². The van der Waals surface area contributed by atoms with Crippen molar-refractivity contribution < 1.29 is 14.1 Å². The molecule has 130 valence electrons. The number of carbonyl (C=O) groups excluding carboxylic acids is 1. The van der Waals surface area contributed by atoms with Crippen LogP contribution in [-0.4, -0.2) is 29.2 Å². The molecule has 0 aliphatic carbocycles. The Hall–Kier alpha value is -0.945. The van der Waals surface area contributed by atoms with Crippen LogP contribution in [0.1, 0.15) is 40.2 Å². The minimum atomic E-state index is -0.528. The molecule has 7 heteroatoms. The van der Waals surface area contributed by atoms with Gasteiger partial charge in [-0.2, -0.15) is 0 Å². The molecule has 1 fully saturated rings. The Bertz CT molecular complexity index is 660. The summed E-state index contributed by atoms with van der Waals surface area (Å²) in [7, 11) is -0.528. The highest BCUT2D eigenvalue weighted by Gasteiger charge is 2.52. The zero-order valence-electron chi connectivity index (χ0n) is 14.7. The maximum absolute atomic E-state index is 11.4. The number of thioether (sulfide) groups is 1. The van der Waals surface area contributed by atoms with Crippen LogP contribution in [0.2, 0.25) is 5.02 Å². The van der Waals surface area contributed by atoms with Gasteiger partial charge < -0.3 is 15.0 Å². The summed E-state index contributed by atoms with van der Waals surface area (Å²) in [5.41, 5.74) is 7.22. The van der Waals surface area contributed by atoms with Gasteiger partial charge in [-0.05, 0) is 56.9 Å². The monoisotopic (exact) mass is 367 g/mol. The quantitative estimate of drug-likeness (QED) is 0.638. The molecule has 24 heavy (non-hydrogen) atoms. The second kappa shape index (κ2) is 7.12. The molecule has 0 saturated carbocycles. The second-order valence-electron chi connectivity index (χ2n) is 6.87. The van der Waals surface area contributed by atoms with Crippen LogP contribution in [0.5, 0.6) is 0 Å². The third-order valence-corrected chi connectivity index (χ3v) is 5.59. The summed E-state index contributed by atoms with van der Waals surface area (Å²) < 4.78 is 12.2. The highest BCUT2D eigenvalue weighted by Crippen LogP contribution is 2.39. The molecule has 1 saturated heterocycles. The average Bonchev–Trinajstić information content (AvgIpc) is 2.66. The lowest BCUT2D eigenvalue weighted by atomic mass is 9.78. The van der Waals surface area contributed by atoms with E-state index in [9.17, 15) is 4.79 Å². The molecule has 1 aliphatic rings. The number of carbonyl (C=O) groups is 1. The van der Waals surface area contributed by atoms with Gasteiger partial charge in [0.25, 0.3) is 0 Å². The van der Waals surface area contributed by atoms with E-state index >= 15 is 0 Å². The van der Waals surface area contributed by atoms with Crippen molar-refractivity contribution >= 4 is 47.4 Å². The van der Waals surface area contributed by atoms with Crippen molar-refractivity contribution in [3.63, 3.8) is 0 Å². The predicted molar refractivity (Wildman–Crippen MR) is 103 cm³/mol. The van der Waals surface area contributed by atoms with E-state index in [-0.39, 0.29) is 5.12 Å². The number of hydrogen-bond donors (Lipinski definition) is 1. The minimum absolute atomic E-state index is 0.0380. The Morgan fingerprint density at radius 3 is 2.42 bits per heavy atom. The van der Waals surface area contributed by atoms with E-state index in [2.05, 4.69) is 0 Å². The molecule has 2 N–H and O–H groups in total. The maximum Gasteiger partial charge on any atom is 0.491 e. The Morgan fingerprint density at radius 2 is 1.88 bits per heavy atom. The topological polar surface area (TPSA) is 61.6 Å². The number of benzene rings is 1. The first-order chi connectivity index (χ1) is 11.0. The molecule has 1 aromatic carbocycles. The molecule has 0 radical (unpaired) electrons. The van der Waals surface area contributed by atoms with E-state index in [4.69, 9.17) is 26.6 Å². The fourth-order valence-electron chi connectivity index (χ4n) is 2.23. The smallest absolute Gasteiger partial charge is 0.400 e. The van der Waals surface area contributed by atoms with Crippen molar-refractivity contribution in [1.29, 1.82) is 0 Å². The molecule has 0 aromatic heterocycles. The van der Waals surface area contributed by atoms with Crippen molar-refractivity contribution in [1.82, 2.24) is 0 Å². The standard InChI is InChI=1S/C17H23BClNO3S/c1-11(21)24-10-13(8-12-9-14(20)6-7-15(12)19)18-22-16(2,3)17(4,5)23-18/h6-9H,10,20H2,1-5H3. The lowest BCUT2D eigenvalue weighted by Gasteiger charge is -2.32. The predicted octanol–water partition coefficient (Wildman–Crippen LogP) is 4.22. The molecule has 1 aliphatic heterocycles. The number of hydrogen-bond acceptors (Lipinski definition) is 5. The fourth-order valence-corrected chi connectivity index (χ4v) is 2.99. The molecular formula is C17H23BClNO3S. The third kappa shape index (κ3) is 4.36. The van der Waals surface area contributed by atoms with Gasteiger partial charge in [-0.15, -0.1) is 0 Å².